The first-order valence-corrected chi connectivity index (χ1v) is 10.0. The van der Waals surface area contributed by atoms with E-state index in [1.807, 2.05) is 19.1 Å². The second-order valence-electron chi connectivity index (χ2n) is 7.19. The quantitative estimate of drug-likeness (QED) is 0.407. The molecule has 0 spiro atoms. The summed E-state index contributed by atoms with van der Waals surface area (Å²) in [5.74, 6) is -0.829. The SMILES string of the molecule is CC(C=CC1=C(C)CCCC1(C)C)=CC=CC(C)=CCO.O=C(O)CBr. The monoisotopic (exact) mass is 424 g/mol. The summed E-state index contributed by atoms with van der Waals surface area (Å²) in [7, 11) is 0. The average molecular weight is 425 g/mol. The summed E-state index contributed by atoms with van der Waals surface area (Å²) in [5, 5.41) is 16.5. The summed E-state index contributed by atoms with van der Waals surface area (Å²) in [4.78, 5) is 9.32. The molecule has 0 aromatic rings. The highest BCUT2D eigenvalue weighted by molar-refractivity contribution is 9.09. The first-order chi connectivity index (χ1) is 12.1. The molecule has 0 bridgehead atoms. The van der Waals surface area contributed by atoms with Gasteiger partial charge in [-0.05, 0) is 51.0 Å². The first kappa shape index (κ1) is 24.6. The van der Waals surface area contributed by atoms with Crippen molar-refractivity contribution >= 4 is 21.9 Å². The lowest BCUT2D eigenvalue weighted by molar-refractivity contribution is -0.133. The van der Waals surface area contributed by atoms with Crippen LogP contribution in [0.25, 0.3) is 0 Å². The van der Waals surface area contributed by atoms with Crippen LogP contribution in [-0.4, -0.2) is 28.1 Å². The molecular formula is C22H33BrO3. The minimum atomic E-state index is -0.829. The Balaban J connectivity index is 0.00000110. The summed E-state index contributed by atoms with van der Waals surface area (Å²) in [5.41, 5.74) is 5.66. The standard InChI is InChI=1S/C20H30O.C2H3BrO2/c1-16(8-6-9-17(2)13-15-21)11-12-19-18(3)10-7-14-20(19,4)5;3-1-2(4)5/h6,8-9,11-13,21H,7,10,14-15H2,1-5H3;1H2,(H,4,5). The van der Waals surface area contributed by atoms with Crippen molar-refractivity contribution in [2.75, 3.05) is 11.9 Å². The fourth-order valence-electron chi connectivity index (χ4n) is 2.84. The second-order valence-corrected chi connectivity index (χ2v) is 7.75. The molecule has 2 N–H and O–H groups in total. The first-order valence-electron chi connectivity index (χ1n) is 8.92. The Labute approximate surface area is 167 Å². The van der Waals surface area contributed by atoms with E-state index < -0.39 is 5.97 Å². The molecular weight excluding hydrogens is 392 g/mol. The van der Waals surface area contributed by atoms with Crippen molar-refractivity contribution in [1.82, 2.24) is 0 Å². The molecule has 0 amide bonds. The van der Waals surface area contributed by atoms with Crippen molar-refractivity contribution in [1.29, 1.82) is 0 Å². The lowest BCUT2D eigenvalue weighted by atomic mass is 9.72. The van der Waals surface area contributed by atoms with E-state index >= 15 is 0 Å². The summed E-state index contributed by atoms with van der Waals surface area (Å²) >= 11 is 2.71. The van der Waals surface area contributed by atoms with Crippen LogP contribution < -0.4 is 0 Å². The highest BCUT2D eigenvalue weighted by Gasteiger charge is 2.26. The van der Waals surface area contributed by atoms with Crippen molar-refractivity contribution in [2.24, 2.45) is 5.41 Å². The Morgan fingerprint density at radius 1 is 1.23 bits per heavy atom. The highest BCUT2D eigenvalue weighted by Crippen LogP contribution is 2.40. The third-order valence-electron chi connectivity index (χ3n) is 4.30. The van der Waals surface area contributed by atoms with E-state index in [4.69, 9.17) is 10.2 Å². The van der Waals surface area contributed by atoms with Crippen LogP contribution in [0.2, 0.25) is 0 Å². The van der Waals surface area contributed by atoms with Crippen LogP contribution in [-0.2, 0) is 4.79 Å². The van der Waals surface area contributed by atoms with Crippen LogP contribution in [0.4, 0.5) is 0 Å². The highest BCUT2D eigenvalue weighted by atomic mass is 79.9. The molecule has 0 aliphatic heterocycles. The predicted molar refractivity (Wildman–Crippen MR) is 115 cm³/mol. The van der Waals surface area contributed by atoms with E-state index in [0.29, 0.717) is 5.41 Å². The molecule has 146 valence electrons. The number of aliphatic hydroxyl groups is 1. The molecule has 0 aromatic carbocycles. The Morgan fingerprint density at radius 3 is 2.35 bits per heavy atom. The van der Waals surface area contributed by atoms with Crippen LogP contribution in [0.15, 0.2) is 58.7 Å². The fraction of sp³-hybridized carbons (Fsp3) is 0.500. The summed E-state index contributed by atoms with van der Waals surface area (Å²) < 4.78 is 0. The molecule has 1 aliphatic carbocycles. The molecule has 0 saturated carbocycles. The molecule has 26 heavy (non-hydrogen) atoms. The Bertz CT molecular complexity index is 605. The molecule has 4 heteroatoms. The maximum absolute atomic E-state index is 9.32. The van der Waals surface area contributed by atoms with Gasteiger partial charge in [0.05, 0.1) is 6.61 Å². The van der Waals surface area contributed by atoms with E-state index in [-0.39, 0.29) is 11.9 Å². The summed E-state index contributed by atoms with van der Waals surface area (Å²) in [6, 6.07) is 0. The Hall–Kier alpha value is -1.39. The summed E-state index contributed by atoms with van der Waals surface area (Å²) in [6.45, 7) is 11.2. The molecule has 0 aromatic heterocycles. The van der Waals surface area contributed by atoms with Gasteiger partial charge in [0.25, 0.3) is 0 Å². The van der Waals surface area contributed by atoms with Gasteiger partial charge in [-0.3, -0.25) is 4.79 Å². The lowest BCUT2D eigenvalue weighted by Crippen LogP contribution is -2.19. The van der Waals surface area contributed by atoms with E-state index in [1.165, 1.54) is 36.0 Å². The number of hydrogen-bond acceptors (Lipinski definition) is 2. The van der Waals surface area contributed by atoms with Crippen molar-refractivity contribution in [3.63, 3.8) is 0 Å². The Morgan fingerprint density at radius 2 is 1.85 bits per heavy atom. The molecule has 0 radical (unpaired) electrons. The number of alkyl halides is 1. The number of allylic oxidation sites excluding steroid dienone is 9. The van der Waals surface area contributed by atoms with E-state index in [0.717, 1.165) is 5.57 Å². The van der Waals surface area contributed by atoms with Crippen molar-refractivity contribution in [3.8, 4) is 0 Å². The van der Waals surface area contributed by atoms with Crippen LogP contribution in [0.3, 0.4) is 0 Å². The largest absolute Gasteiger partial charge is 0.481 e. The maximum atomic E-state index is 9.32. The van der Waals surface area contributed by atoms with E-state index in [2.05, 4.69) is 61.9 Å². The van der Waals surface area contributed by atoms with Gasteiger partial charge in [-0.25, -0.2) is 0 Å². The zero-order valence-electron chi connectivity index (χ0n) is 16.7. The fourth-order valence-corrected chi connectivity index (χ4v) is 2.84. The van der Waals surface area contributed by atoms with E-state index in [9.17, 15) is 4.79 Å². The van der Waals surface area contributed by atoms with Crippen molar-refractivity contribution < 1.29 is 15.0 Å². The molecule has 0 fully saturated rings. The zero-order valence-corrected chi connectivity index (χ0v) is 18.3. The number of carboxylic acid groups (broad SMARTS) is 1. The molecule has 3 nitrogen and oxygen atoms in total. The zero-order chi connectivity index (χ0) is 20.2. The number of halogens is 1. The molecule has 0 heterocycles. The molecule has 0 unspecified atom stereocenters. The number of aliphatic hydroxyl groups excluding tert-OH is 1. The number of aliphatic carboxylic acids is 1. The second kappa shape index (κ2) is 12.9. The molecule has 0 atom stereocenters. The minimum absolute atomic E-state index is 0.0347. The lowest BCUT2D eigenvalue weighted by Gasteiger charge is -2.32. The number of hydrogen-bond donors (Lipinski definition) is 2. The van der Waals surface area contributed by atoms with Crippen LogP contribution in [0.5, 0.6) is 0 Å². The predicted octanol–water partition coefficient (Wildman–Crippen LogP) is 5.98. The Kier molecular flexibility index (Phi) is 12.2. The number of rotatable bonds is 6. The molecule has 1 aliphatic rings. The van der Waals surface area contributed by atoms with Gasteiger partial charge < -0.3 is 10.2 Å². The maximum Gasteiger partial charge on any atom is 0.314 e. The van der Waals surface area contributed by atoms with Gasteiger partial charge in [-0.1, -0.05) is 83.0 Å². The van der Waals surface area contributed by atoms with Crippen LogP contribution in [0.1, 0.15) is 53.9 Å². The van der Waals surface area contributed by atoms with Gasteiger partial charge in [0.15, 0.2) is 0 Å². The van der Waals surface area contributed by atoms with Crippen LogP contribution in [0, 0.1) is 5.41 Å². The molecule has 0 saturated heterocycles. The normalized spacial score (nSPS) is 18.3. The minimum Gasteiger partial charge on any atom is -0.481 e. The van der Waals surface area contributed by atoms with Gasteiger partial charge in [0.1, 0.15) is 5.33 Å². The third-order valence-corrected chi connectivity index (χ3v) is 4.78. The number of carboxylic acids is 1. The van der Waals surface area contributed by atoms with Crippen molar-refractivity contribution in [3.05, 3.63) is 58.7 Å². The van der Waals surface area contributed by atoms with Gasteiger partial charge in [0, 0.05) is 0 Å². The van der Waals surface area contributed by atoms with Gasteiger partial charge in [0.2, 0.25) is 0 Å². The number of carbonyl (C=O) groups is 1. The smallest absolute Gasteiger partial charge is 0.314 e. The summed E-state index contributed by atoms with van der Waals surface area (Å²) in [6.07, 6.45) is 16.3. The van der Waals surface area contributed by atoms with Gasteiger partial charge in [-0.15, -0.1) is 0 Å². The van der Waals surface area contributed by atoms with Gasteiger partial charge in [-0.2, -0.15) is 0 Å². The van der Waals surface area contributed by atoms with E-state index in [1.54, 1.807) is 6.08 Å². The average Bonchev–Trinajstić information content (AvgIpc) is 2.54. The molecule has 1 rings (SSSR count). The van der Waals surface area contributed by atoms with Crippen LogP contribution >= 0.6 is 15.9 Å². The third kappa shape index (κ3) is 10.6. The van der Waals surface area contributed by atoms with Crippen molar-refractivity contribution in [2.45, 2.75) is 53.9 Å². The van der Waals surface area contributed by atoms with Gasteiger partial charge >= 0.3 is 5.97 Å². The topological polar surface area (TPSA) is 57.5 Å².